The molecule has 0 aromatic heterocycles. The summed E-state index contributed by atoms with van der Waals surface area (Å²) in [6, 6.07) is 8.82. The zero-order valence-corrected chi connectivity index (χ0v) is 25.7. The van der Waals surface area contributed by atoms with Crippen LogP contribution >= 0.6 is 11.6 Å². The highest BCUT2D eigenvalue weighted by atomic mass is 35.5. The van der Waals surface area contributed by atoms with Gasteiger partial charge in [-0.05, 0) is 88.8 Å². The molecule has 1 aliphatic heterocycles. The lowest BCUT2D eigenvalue weighted by Gasteiger charge is -2.48. The highest BCUT2D eigenvalue weighted by molar-refractivity contribution is 6.30. The van der Waals surface area contributed by atoms with Crippen LogP contribution in [0.25, 0.3) is 0 Å². The van der Waals surface area contributed by atoms with Gasteiger partial charge < -0.3 is 25.8 Å². The number of amides is 3. The molecule has 8 heteroatoms. The highest BCUT2D eigenvalue weighted by Crippen LogP contribution is 2.32. The first-order chi connectivity index (χ1) is 19.3. The maximum atomic E-state index is 14.1. The predicted octanol–water partition coefficient (Wildman–Crippen LogP) is 5.44. The first kappa shape index (κ1) is 31.1. The molecule has 0 bridgehead atoms. The standard InChI is InChI=1S/C32H52ClN5O2/c1-4-36(5-2)32(40)38(28-9-7-6-8-10-28)30-19-20-37(22-23(30)3)31(39)29(21-24-11-13-25(33)14-12-24)35-27-17-15-26(34)16-18-27/h11-14,23,26-30,35H,4-10,15-22,34H2,1-3H3/t23-,26?,27?,29-,30-/m1/s1. The van der Waals surface area contributed by atoms with E-state index in [0.717, 1.165) is 63.6 Å². The van der Waals surface area contributed by atoms with Gasteiger partial charge in [0.2, 0.25) is 5.91 Å². The fraction of sp³-hybridized carbons (Fsp3) is 0.750. The maximum absolute atomic E-state index is 14.1. The number of nitrogens with zero attached hydrogens (tertiary/aromatic N) is 3. The lowest BCUT2D eigenvalue weighted by atomic mass is 9.87. The second-order valence-corrected chi connectivity index (χ2v) is 12.9. The van der Waals surface area contributed by atoms with Crippen LogP contribution in [-0.2, 0) is 11.2 Å². The molecule has 2 aliphatic carbocycles. The smallest absolute Gasteiger partial charge is 0.320 e. The number of likely N-dealkylation sites (tertiary alicyclic amines) is 1. The van der Waals surface area contributed by atoms with Gasteiger partial charge in [-0.3, -0.25) is 4.79 Å². The van der Waals surface area contributed by atoms with E-state index in [4.69, 9.17) is 17.3 Å². The van der Waals surface area contributed by atoms with Gasteiger partial charge in [0.1, 0.15) is 0 Å². The molecule has 1 saturated heterocycles. The monoisotopic (exact) mass is 573 g/mol. The molecule has 3 atom stereocenters. The Labute approximate surface area is 247 Å². The van der Waals surface area contributed by atoms with E-state index in [1.54, 1.807) is 0 Å². The Hall–Kier alpha value is -1.83. The van der Waals surface area contributed by atoms with Gasteiger partial charge in [0.05, 0.1) is 6.04 Å². The molecule has 7 nitrogen and oxygen atoms in total. The summed E-state index contributed by atoms with van der Waals surface area (Å²) in [5.74, 6) is 0.400. The molecule has 3 aliphatic rings. The zero-order chi connectivity index (χ0) is 28.6. The molecule has 1 aromatic rings. The van der Waals surface area contributed by atoms with Crippen LogP contribution in [0.15, 0.2) is 24.3 Å². The van der Waals surface area contributed by atoms with E-state index < -0.39 is 0 Å². The Bertz CT molecular complexity index is 941. The normalized spacial score (nSPS) is 26.8. The van der Waals surface area contributed by atoms with E-state index in [-0.39, 0.29) is 36.0 Å². The van der Waals surface area contributed by atoms with Gasteiger partial charge in [-0.25, -0.2) is 4.79 Å². The average molecular weight is 574 g/mol. The molecule has 1 aromatic carbocycles. The molecule has 4 rings (SSSR count). The first-order valence-electron chi connectivity index (χ1n) is 15.9. The topological polar surface area (TPSA) is 81.9 Å². The predicted molar refractivity (Wildman–Crippen MR) is 163 cm³/mol. The number of nitrogens with one attached hydrogen (secondary N) is 1. The minimum Gasteiger partial charge on any atom is -0.341 e. The zero-order valence-electron chi connectivity index (χ0n) is 25.0. The summed E-state index contributed by atoms with van der Waals surface area (Å²) in [5.41, 5.74) is 7.27. The molecule has 3 N–H and O–H groups in total. The quantitative estimate of drug-likeness (QED) is 0.412. The lowest BCUT2D eigenvalue weighted by Crippen LogP contribution is -2.61. The van der Waals surface area contributed by atoms with Gasteiger partial charge >= 0.3 is 6.03 Å². The summed E-state index contributed by atoms with van der Waals surface area (Å²) in [6.45, 7) is 9.21. The summed E-state index contributed by atoms with van der Waals surface area (Å²) in [6.07, 6.45) is 11.3. The van der Waals surface area contributed by atoms with Crippen molar-refractivity contribution in [1.82, 2.24) is 20.0 Å². The number of nitrogens with two attached hydrogens (primary N) is 1. The lowest BCUT2D eigenvalue weighted by molar-refractivity contribution is -0.136. The SMILES string of the molecule is CCN(CC)C(=O)N(C1CCCCC1)[C@@H]1CCN(C(=O)[C@@H](Cc2ccc(Cl)cc2)NC2CCC(N)CC2)C[C@H]1C. The summed E-state index contributed by atoms with van der Waals surface area (Å²) in [7, 11) is 0. The molecule has 0 unspecified atom stereocenters. The maximum Gasteiger partial charge on any atom is 0.320 e. The van der Waals surface area contributed by atoms with Crippen molar-refractivity contribution in [2.45, 2.75) is 122 Å². The van der Waals surface area contributed by atoms with Crippen LogP contribution in [0.1, 0.15) is 90.5 Å². The second-order valence-electron chi connectivity index (χ2n) is 12.4. The van der Waals surface area contributed by atoms with Crippen LogP contribution in [0, 0.1) is 5.92 Å². The van der Waals surface area contributed by atoms with Crippen LogP contribution in [0.2, 0.25) is 5.02 Å². The van der Waals surface area contributed by atoms with E-state index in [1.165, 1.54) is 19.3 Å². The number of benzene rings is 1. The van der Waals surface area contributed by atoms with Crippen molar-refractivity contribution in [3.05, 3.63) is 34.9 Å². The van der Waals surface area contributed by atoms with Gasteiger partial charge in [0, 0.05) is 55.4 Å². The van der Waals surface area contributed by atoms with Crippen molar-refractivity contribution in [3.63, 3.8) is 0 Å². The van der Waals surface area contributed by atoms with Crippen molar-refractivity contribution in [2.75, 3.05) is 26.2 Å². The number of halogens is 1. The van der Waals surface area contributed by atoms with Crippen molar-refractivity contribution < 1.29 is 9.59 Å². The molecular formula is C32H52ClN5O2. The molecule has 0 radical (unpaired) electrons. The minimum atomic E-state index is -0.281. The molecule has 0 spiro atoms. The van der Waals surface area contributed by atoms with E-state index in [9.17, 15) is 9.59 Å². The van der Waals surface area contributed by atoms with Crippen LogP contribution < -0.4 is 11.1 Å². The van der Waals surface area contributed by atoms with Crippen molar-refractivity contribution in [3.8, 4) is 0 Å². The van der Waals surface area contributed by atoms with Gasteiger partial charge in [-0.2, -0.15) is 0 Å². The van der Waals surface area contributed by atoms with Crippen LogP contribution in [0.4, 0.5) is 4.79 Å². The number of hydrogen-bond acceptors (Lipinski definition) is 4. The van der Waals surface area contributed by atoms with E-state index in [1.807, 2.05) is 29.2 Å². The Morgan fingerprint density at radius 1 is 1.00 bits per heavy atom. The van der Waals surface area contributed by atoms with E-state index in [0.29, 0.717) is 36.6 Å². The van der Waals surface area contributed by atoms with Gasteiger partial charge in [-0.15, -0.1) is 0 Å². The van der Waals surface area contributed by atoms with Crippen molar-refractivity contribution in [2.24, 2.45) is 11.7 Å². The fourth-order valence-electron chi connectivity index (χ4n) is 7.20. The molecule has 3 amide bonds. The Balaban J connectivity index is 1.47. The van der Waals surface area contributed by atoms with Gasteiger partial charge in [0.15, 0.2) is 0 Å². The van der Waals surface area contributed by atoms with E-state index in [2.05, 4.69) is 35.9 Å². The number of carbonyl (C=O) groups excluding carboxylic acids is 2. The Morgan fingerprint density at radius 3 is 2.25 bits per heavy atom. The Morgan fingerprint density at radius 2 is 1.65 bits per heavy atom. The van der Waals surface area contributed by atoms with Crippen LogP contribution in [0.5, 0.6) is 0 Å². The summed E-state index contributed by atoms with van der Waals surface area (Å²) in [4.78, 5) is 34.2. The van der Waals surface area contributed by atoms with Crippen LogP contribution in [0.3, 0.4) is 0 Å². The third kappa shape index (κ3) is 7.92. The summed E-state index contributed by atoms with van der Waals surface area (Å²) >= 11 is 6.14. The number of carbonyl (C=O) groups is 2. The Kier molecular flexibility index (Phi) is 11.6. The third-order valence-corrected chi connectivity index (χ3v) is 9.86. The summed E-state index contributed by atoms with van der Waals surface area (Å²) < 4.78 is 0. The fourth-order valence-corrected chi connectivity index (χ4v) is 7.32. The second kappa shape index (κ2) is 14.9. The number of piperidine rings is 1. The largest absolute Gasteiger partial charge is 0.341 e. The first-order valence-corrected chi connectivity index (χ1v) is 16.3. The van der Waals surface area contributed by atoms with E-state index >= 15 is 0 Å². The van der Waals surface area contributed by atoms with Gasteiger partial charge in [-0.1, -0.05) is 49.9 Å². The molecule has 1 heterocycles. The average Bonchev–Trinajstić information content (AvgIpc) is 2.97. The number of hydrogen-bond donors (Lipinski definition) is 2. The molecule has 224 valence electrons. The van der Waals surface area contributed by atoms with Gasteiger partial charge in [0.25, 0.3) is 0 Å². The minimum absolute atomic E-state index is 0.169. The summed E-state index contributed by atoms with van der Waals surface area (Å²) in [5, 5.41) is 4.44. The van der Waals surface area contributed by atoms with Crippen molar-refractivity contribution in [1.29, 1.82) is 0 Å². The highest BCUT2D eigenvalue weighted by Gasteiger charge is 2.40. The van der Waals surface area contributed by atoms with Crippen LogP contribution in [-0.4, -0.2) is 83.0 Å². The van der Waals surface area contributed by atoms with Crippen molar-refractivity contribution >= 4 is 23.5 Å². The third-order valence-electron chi connectivity index (χ3n) is 9.61. The number of rotatable bonds is 9. The molecular weight excluding hydrogens is 522 g/mol. The molecule has 3 fully saturated rings. The molecule has 40 heavy (non-hydrogen) atoms. The number of urea groups is 1. The molecule has 2 saturated carbocycles.